The summed E-state index contributed by atoms with van der Waals surface area (Å²) in [4.78, 5) is 7.38. The van der Waals surface area contributed by atoms with Crippen molar-refractivity contribution in [3.8, 4) is 0 Å². The number of hydrogen-bond acceptors (Lipinski definition) is 9. The largest absolute Gasteiger partial charge is 0.372 e. The molecule has 228 valence electrons. The van der Waals surface area contributed by atoms with E-state index in [0.29, 0.717) is 36.6 Å². The predicted octanol–water partition coefficient (Wildman–Crippen LogP) is 2.17. The maximum Gasteiger partial charge on any atom is 0.0936 e. The Kier molecular flexibility index (Phi) is 9.47. The van der Waals surface area contributed by atoms with Gasteiger partial charge >= 0.3 is 0 Å². The minimum Gasteiger partial charge on any atom is -0.372 e. The van der Waals surface area contributed by atoms with Gasteiger partial charge in [0.15, 0.2) is 0 Å². The highest BCUT2D eigenvalue weighted by atomic mass is 16.6. The predicted molar refractivity (Wildman–Crippen MR) is 157 cm³/mol. The summed E-state index contributed by atoms with van der Waals surface area (Å²) in [6.45, 7) is 14.5. The van der Waals surface area contributed by atoms with Gasteiger partial charge in [-0.2, -0.15) is 0 Å². The maximum atomic E-state index is 5.43. The van der Waals surface area contributed by atoms with Crippen molar-refractivity contribution in [3.63, 3.8) is 0 Å². The van der Waals surface area contributed by atoms with Crippen LogP contribution in [0.2, 0.25) is 0 Å². The summed E-state index contributed by atoms with van der Waals surface area (Å²) in [6.07, 6.45) is 2.60. The monoisotopic (exact) mass is 579 g/mol. The van der Waals surface area contributed by atoms with Crippen LogP contribution in [0.25, 0.3) is 0 Å². The van der Waals surface area contributed by atoms with Gasteiger partial charge in [-0.3, -0.25) is 14.7 Å². The van der Waals surface area contributed by atoms with Crippen molar-refractivity contribution in [2.24, 2.45) is 0 Å². The van der Waals surface area contributed by atoms with Gasteiger partial charge in [-0.15, -0.1) is 0 Å². The summed E-state index contributed by atoms with van der Waals surface area (Å²) in [7, 11) is 0. The van der Waals surface area contributed by atoms with E-state index in [9.17, 15) is 0 Å². The van der Waals surface area contributed by atoms with E-state index in [0.717, 1.165) is 98.5 Å². The highest BCUT2D eigenvalue weighted by Crippen LogP contribution is 2.21. The van der Waals surface area contributed by atoms with Crippen LogP contribution in [-0.4, -0.2) is 130 Å². The molecule has 6 aliphatic rings. The van der Waals surface area contributed by atoms with E-state index >= 15 is 0 Å². The fraction of sp³-hybridized carbons (Fsp3) is 0.636. The van der Waals surface area contributed by atoms with E-state index in [1.807, 2.05) is 0 Å². The molecule has 0 bridgehead atoms. The first-order chi connectivity index (χ1) is 20.7. The summed E-state index contributed by atoms with van der Waals surface area (Å²) in [5.74, 6) is 0. The molecular weight excluding hydrogens is 534 g/mol. The fourth-order valence-corrected chi connectivity index (χ4v) is 5.56. The quantitative estimate of drug-likeness (QED) is 0.247. The molecule has 6 heterocycles. The number of hydrogen-bond donors (Lipinski definition) is 0. The van der Waals surface area contributed by atoms with Gasteiger partial charge < -0.3 is 28.4 Å². The Balaban J connectivity index is 0.000000154. The van der Waals surface area contributed by atoms with Gasteiger partial charge in [0.1, 0.15) is 0 Å². The molecule has 0 amide bonds. The number of benzene rings is 2. The van der Waals surface area contributed by atoms with Crippen LogP contribution < -0.4 is 0 Å². The normalized spacial score (nSPS) is 29.8. The molecule has 0 N–H and O–H groups in total. The van der Waals surface area contributed by atoms with Crippen molar-refractivity contribution in [2.45, 2.75) is 56.3 Å². The number of rotatable bonds is 18. The molecule has 0 radical (unpaired) electrons. The molecule has 2 aromatic rings. The highest BCUT2D eigenvalue weighted by molar-refractivity contribution is 5.24. The van der Waals surface area contributed by atoms with Crippen LogP contribution in [0.1, 0.15) is 16.7 Å². The molecular formula is C33H45N3O6. The Hall–Kier alpha value is -1.92. The van der Waals surface area contributed by atoms with Crippen molar-refractivity contribution in [2.75, 3.05) is 78.9 Å². The molecule has 9 nitrogen and oxygen atoms in total. The van der Waals surface area contributed by atoms with Crippen molar-refractivity contribution < 1.29 is 28.4 Å². The van der Waals surface area contributed by atoms with Gasteiger partial charge in [-0.1, -0.05) is 54.6 Å². The standard InChI is InChI=1S/C20H28N2O4.C13H17NO2/c1-2-15(5-21(7-17-11-23-17)8-18-12-24-18)4-16(3-1)6-22(9-19-13-25-19)10-20-14-26-20;1-2-4-11(5-3-1)6-14(7-12-9-15-12)8-13-10-16-13/h1-4,17-20H,5-14H2;1-5,12-13H,6-10H2. The minimum absolute atomic E-state index is 0.421. The van der Waals surface area contributed by atoms with Gasteiger partial charge in [0, 0.05) is 58.9 Å². The molecule has 0 aromatic heterocycles. The fourth-order valence-electron chi connectivity index (χ4n) is 5.56. The van der Waals surface area contributed by atoms with Gasteiger partial charge in [0.25, 0.3) is 0 Å². The van der Waals surface area contributed by atoms with Gasteiger partial charge in [-0.25, -0.2) is 0 Å². The van der Waals surface area contributed by atoms with Crippen LogP contribution >= 0.6 is 0 Å². The summed E-state index contributed by atoms with van der Waals surface area (Å²) in [6, 6.07) is 19.6. The number of epoxide rings is 6. The second kappa shape index (κ2) is 13.8. The molecule has 6 atom stereocenters. The second-order valence-corrected chi connectivity index (χ2v) is 12.6. The van der Waals surface area contributed by atoms with Gasteiger partial charge in [0.2, 0.25) is 0 Å². The van der Waals surface area contributed by atoms with Crippen LogP contribution in [0.3, 0.4) is 0 Å². The zero-order valence-corrected chi connectivity index (χ0v) is 24.6. The first-order valence-electron chi connectivity index (χ1n) is 15.7. The molecule has 42 heavy (non-hydrogen) atoms. The lowest BCUT2D eigenvalue weighted by Gasteiger charge is -2.23. The van der Waals surface area contributed by atoms with E-state index in [4.69, 9.17) is 28.4 Å². The molecule has 8 rings (SSSR count). The van der Waals surface area contributed by atoms with Crippen LogP contribution in [0, 0.1) is 0 Å². The molecule has 6 fully saturated rings. The first-order valence-corrected chi connectivity index (χ1v) is 15.7. The smallest absolute Gasteiger partial charge is 0.0936 e. The number of ether oxygens (including phenoxy) is 6. The average Bonchev–Trinajstić information content (AvgIpc) is 3.76. The van der Waals surface area contributed by atoms with Gasteiger partial charge in [0.05, 0.1) is 76.3 Å². The Morgan fingerprint density at radius 1 is 0.405 bits per heavy atom. The SMILES string of the molecule is c1cc(CN(CC2CO2)CC2CO2)cc(CN(CC2CO2)CC2CO2)c1.c1ccc(CN(CC2CO2)CC2CO2)cc1. The first kappa shape index (κ1) is 28.8. The Bertz CT molecular complexity index is 1020. The zero-order chi connectivity index (χ0) is 28.1. The molecule has 0 spiro atoms. The van der Waals surface area contributed by atoms with Crippen LogP contribution in [0.15, 0.2) is 54.6 Å². The van der Waals surface area contributed by atoms with E-state index in [1.54, 1.807) is 0 Å². The lowest BCUT2D eigenvalue weighted by molar-refractivity contribution is 0.210. The van der Waals surface area contributed by atoms with E-state index in [2.05, 4.69) is 69.3 Å². The maximum absolute atomic E-state index is 5.43. The summed E-state index contributed by atoms with van der Waals surface area (Å²) in [5, 5.41) is 0. The summed E-state index contributed by atoms with van der Waals surface area (Å²) < 4.78 is 32.3. The van der Waals surface area contributed by atoms with Crippen molar-refractivity contribution >= 4 is 0 Å². The molecule has 0 aliphatic carbocycles. The van der Waals surface area contributed by atoms with E-state index in [-0.39, 0.29) is 0 Å². The Morgan fingerprint density at radius 2 is 0.690 bits per heavy atom. The molecule has 6 unspecified atom stereocenters. The van der Waals surface area contributed by atoms with Crippen LogP contribution in [0.4, 0.5) is 0 Å². The topological polar surface area (TPSA) is 84.9 Å². The summed E-state index contributed by atoms with van der Waals surface area (Å²) in [5.41, 5.74) is 4.10. The third-order valence-corrected chi connectivity index (χ3v) is 8.24. The van der Waals surface area contributed by atoms with Crippen molar-refractivity contribution in [3.05, 3.63) is 71.3 Å². The zero-order valence-electron chi connectivity index (χ0n) is 24.6. The molecule has 0 saturated carbocycles. The second-order valence-electron chi connectivity index (χ2n) is 12.6. The van der Waals surface area contributed by atoms with Gasteiger partial charge in [-0.05, 0) is 16.7 Å². The molecule has 9 heteroatoms. The van der Waals surface area contributed by atoms with Crippen LogP contribution in [0.5, 0.6) is 0 Å². The molecule has 6 aliphatic heterocycles. The third-order valence-electron chi connectivity index (χ3n) is 8.24. The summed E-state index contributed by atoms with van der Waals surface area (Å²) >= 11 is 0. The lowest BCUT2D eigenvalue weighted by atomic mass is 10.1. The molecule has 2 aromatic carbocycles. The minimum atomic E-state index is 0.421. The van der Waals surface area contributed by atoms with Crippen LogP contribution in [-0.2, 0) is 48.1 Å². The molecule has 6 saturated heterocycles. The van der Waals surface area contributed by atoms with Crippen molar-refractivity contribution in [1.29, 1.82) is 0 Å². The average molecular weight is 580 g/mol. The Labute approximate surface area is 249 Å². The van der Waals surface area contributed by atoms with E-state index < -0.39 is 0 Å². The third kappa shape index (κ3) is 10.7. The van der Waals surface area contributed by atoms with Crippen molar-refractivity contribution in [1.82, 2.24) is 14.7 Å². The Morgan fingerprint density at radius 3 is 1.00 bits per heavy atom. The highest BCUT2D eigenvalue weighted by Gasteiger charge is 2.33. The number of nitrogens with zero attached hydrogens (tertiary/aromatic N) is 3. The lowest BCUT2D eigenvalue weighted by Crippen LogP contribution is -2.32. The van der Waals surface area contributed by atoms with E-state index in [1.165, 1.54) is 16.7 Å².